The second-order valence-electron chi connectivity index (χ2n) is 6.32. The largest absolute Gasteiger partial charge is 0.345 e. The van der Waals surface area contributed by atoms with Gasteiger partial charge in [-0.05, 0) is 52.0 Å². The number of hydrogen-bond acceptors (Lipinski definition) is 4. The molecule has 0 bridgehead atoms. The van der Waals surface area contributed by atoms with E-state index in [-0.39, 0.29) is 11.9 Å². The normalized spacial score (nSPS) is 17.5. The number of likely N-dealkylation sites (N-methyl/N-ethyl adjacent to an activating group) is 1. The number of hydrogen-bond donors (Lipinski definition) is 3. The first-order chi connectivity index (χ1) is 11.1. The molecule has 1 unspecified atom stereocenters. The van der Waals surface area contributed by atoms with Crippen LogP contribution in [0.1, 0.15) is 31.6 Å². The zero-order valence-corrected chi connectivity index (χ0v) is 13.8. The Labute approximate surface area is 136 Å². The lowest BCUT2D eigenvalue weighted by Gasteiger charge is -2.31. The fraction of sp³-hybridized carbons (Fsp3) is 0.529. The van der Waals surface area contributed by atoms with Crippen molar-refractivity contribution >= 4 is 16.9 Å². The highest BCUT2D eigenvalue weighted by molar-refractivity contribution is 5.79. The van der Waals surface area contributed by atoms with Crippen LogP contribution >= 0.6 is 0 Å². The fourth-order valence-corrected chi connectivity index (χ4v) is 3.14. The summed E-state index contributed by atoms with van der Waals surface area (Å²) >= 11 is 0. The predicted molar refractivity (Wildman–Crippen MR) is 91.2 cm³/mol. The van der Waals surface area contributed by atoms with E-state index < -0.39 is 0 Å². The summed E-state index contributed by atoms with van der Waals surface area (Å²) < 4.78 is 0. The third-order valence-corrected chi connectivity index (χ3v) is 4.52. The van der Waals surface area contributed by atoms with Gasteiger partial charge in [0.1, 0.15) is 5.82 Å². The van der Waals surface area contributed by atoms with Crippen molar-refractivity contribution in [1.29, 1.82) is 0 Å². The number of nitrogens with one attached hydrogen (secondary N) is 3. The van der Waals surface area contributed by atoms with Crippen LogP contribution in [0.25, 0.3) is 11.0 Å². The number of carbonyl (C=O) groups is 1. The molecule has 23 heavy (non-hydrogen) atoms. The number of H-pyrrole nitrogens is 1. The highest BCUT2D eigenvalue weighted by atomic mass is 16.2. The SMILES string of the molecule is CC(NC(=O)CN(C)C1CCNCC1)c1nc2ccccc2[nH]1. The van der Waals surface area contributed by atoms with Gasteiger partial charge in [-0.2, -0.15) is 0 Å². The van der Waals surface area contributed by atoms with E-state index >= 15 is 0 Å². The molecule has 0 aliphatic carbocycles. The van der Waals surface area contributed by atoms with Gasteiger partial charge in [0.25, 0.3) is 0 Å². The molecule has 0 radical (unpaired) electrons. The molecule has 3 rings (SSSR count). The Morgan fingerprint density at radius 3 is 2.87 bits per heavy atom. The third kappa shape index (κ3) is 3.89. The summed E-state index contributed by atoms with van der Waals surface area (Å²) in [4.78, 5) is 22.3. The van der Waals surface area contributed by atoms with Crippen molar-refractivity contribution in [3.05, 3.63) is 30.1 Å². The number of amides is 1. The molecule has 1 aromatic carbocycles. The fourth-order valence-electron chi connectivity index (χ4n) is 3.14. The Balaban J connectivity index is 1.56. The highest BCUT2D eigenvalue weighted by Crippen LogP contribution is 2.15. The van der Waals surface area contributed by atoms with E-state index in [1.165, 1.54) is 0 Å². The van der Waals surface area contributed by atoms with Crippen LogP contribution in [0.3, 0.4) is 0 Å². The number of fused-ring (bicyclic) bond motifs is 1. The first-order valence-corrected chi connectivity index (χ1v) is 8.28. The maximum atomic E-state index is 12.3. The molecule has 1 aliphatic rings. The topological polar surface area (TPSA) is 73.1 Å². The molecule has 1 amide bonds. The van der Waals surface area contributed by atoms with E-state index in [2.05, 4.69) is 25.5 Å². The van der Waals surface area contributed by atoms with Crippen LogP contribution in [0.15, 0.2) is 24.3 Å². The monoisotopic (exact) mass is 315 g/mol. The van der Waals surface area contributed by atoms with Crippen molar-refractivity contribution in [3.8, 4) is 0 Å². The quantitative estimate of drug-likeness (QED) is 0.780. The van der Waals surface area contributed by atoms with Crippen LogP contribution < -0.4 is 10.6 Å². The maximum Gasteiger partial charge on any atom is 0.234 e. The van der Waals surface area contributed by atoms with E-state index in [1.54, 1.807) is 0 Å². The first-order valence-electron chi connectivity index (χ1n) is 8.28. The number of aromatic nitrogens is 2. The lowest BCUT2D eigenvalue weighted by atomic mass is 10.1. The molecule has 1 atom stereocenters. The molecule has 1 saturated heterocycles. The number of aromatic amines is 1. The van der Waals surface area contributed by atoms with Gasteiger partial charge < -0.3 is 15.6 Å². The highest BCUT2D eigenvalue weighted by Gasteiger charge is 2.21. The van der Waals surface area contributed by atoms with E-state index in [4.69, 9.17) is 0 Å². The minimum Gasteiger partial charge on any atom is -0.345 e. The van der Waals surface area contributed by atoms with Gasteiger partial charge in [0.2, 0.25) is 5.91 Å². The molecule has 0 saturated carbocycles. The Hall–Kier alpha value is -1.92. The van der Waals surface area contributed by atoms with Gasteiger partial charge in [0, 0.05) is 6.04 Å². The Morgan fingerprint density at radius 1 is 1.39 bits per heavy atom. The van der Waals surface area contributed by atoms with Crippen LogP contribution in [-0.2, 0) is 4.79 Å². The average molecular weight is 315 g/mol. The van der Waals surface area contributed by atoms with Crippen molar-refractivity contribution in [2.75, 3.05) is 26.7 Å². The maximum absolute atomic E-state index is 12.3. The van der Waals surface area contributed by atoms with Crippen molar-refractivity contribution < 1.29 is 4.79 Å². The summed E-state index contributed by atoms with van der Waals surface area (Å²) in [6.45, 7) is 4.45. The molecule has 2 heterocycles. The molecular formula is C17H25N5O. The number of rotatable bonds is 5. The minimum absolute atomic E-state index is 0.0407. The molecule has 6 nitrogen and oxygen atoms in total. The molecule has 1 aliphatic heterocycles. The summed E-state index contributed by atoms with van der Waals surface area (Å²) in [6.07, 6.45) is 2.20. The van der Waals surface area contributed by atoms with Crippen LogP contribution in [0.4, 0.5) is 0 Å². The lowest BCUT2D eigenvalue weighted by Crippen LogP contribution is -2.45. The summed E-state index contributed by atoms with van der Waals surface area (Å²) in [5, 5.41) is 6.39. The summed E-state index contributed by atoms with van der Waals surface area (Å²) in [5.74, 6) is 0.836. The molecule has 3 N–H and O–H groups in total. The van der Waals surface area contributed by atoms with E-state index in [9.17, 15) is 4.79 Å². The van der Waals surface area contributed by atoms with Crippen molar-refractivity contribution in [2.24, 2.45) is 0 Å². The van der Waals surface area contributed by atoms with Crippen LogP contribution in [0, 0.1) is 0 Å². The second kappa shape index (κ2) is 7.10. The first kappa shape index (κ1) is 16.0. The van der Waals surface area contributed by atoms with Gasteiger partial charge in [-0.15, -0.1) is 0 Å². The molecule has 6 heteroatoms. The zero-order valence-electron chi connectivity index (χ0n) is 13.8. The average Bonchev–Trinajstić information content (AvgIpc) is 2.99. The number of piperidine rings is 1. The summed E-state index contributed by atoms with van der Waals surface area (Å²) in [7, 11) is 2.03. The van der Waals surface area contributed by atoms with Crippen LogP contribution in [0.5, 0.6) is 0 Å². The van der Waals surface area contributed by atoms with Crippen molar-refractivity contribution in [3.63, 3.8) is 0 Å². The number of benzene rings is 1. The standard InChI is InChI=1S/C17H25N5O/c1-12(17-20-14-5-3-4-6-15(14)21-17)19-16(23)11-22(2)13-7-9-18-10-8-13/h3-6,12-13,18H,7-11H2,1-2H3,(H,19,23)(H,20,21). The molecule has 1 aromatic heterocycles. The van der Waals surface area contributed by atoms with Gasteiger partial charge in [0.15, 0.2) is 0 Å². The van der Waals surface area contributed by atoms with Crippen molar-refractivity contribution in [2.45, 2.75) is 31.8 Å². The molecule has 2 aromatic rings. The van der Waals surface area contributed by atoms with Gasteiger partial charge in [0.05, 0.1) is 23.6 Å². The molecule has 0 spiro atoms. The Kier molecular flexibility index (Phi) is 4.93. The molecule has 1 fully saturated rings. The molecule has 124 valence electrons. The summed E-state index contributed by atoms with van der Waals surface area (Å²) in [6, 6.07) is 8.26. The Morgan fingerprint density at radius 2 is 2.13 bits per heavy atom. The third-order valence-electron chi connectivity index (χ3n) is 4.52. The second-order valence-corrected chi connectivity index (χ2v) is 6.32. The van der Waals surface area contributed by atoms with E-state index in [0.717, 1.165) is 42.8 Å². The van der Waals surface area contributed by atoms with Gasteiger partial charge >= 0.3 is 0 Å². The number of nitrogens with zero attached hydrogens (tertiary/aromatic N) is 2. The zero-order chi connectivity index (χ0) is 16.2. The van der Waals surface area contributed by atoms with Gasteiger partial charge in [-0.1, -0.05) is 12.1 Å². The molecular weight excluding hydrogens is 290 g/mol. The van der Waals surface area contributed by atoms with Gasteiger partial charge in [-0.25, -0.2) is 4.98 Å². The van der Waals surface area contributed by atoms with Crippen LogP contribution in [0.2, 0.25) is 0 Å². The number of carbonyl (C=O) groups excluding carboxylic acids is 1. The van der Waals surface area contributed by atoms with E-state index in [1.807, 2.05) is 38.2 Å². The summed E-state index contributed by atoms with van der Waals surface area (Å²) in [5.41, 5.74) is 1.92. The lowest BCUT2D eigenvalue weighted by molar-refractivity contribution is -0.123. The van der Waals surface area contributed by atoms with E-state index in [0.29, 0.717) is 12.6 Å². The number of para-hydroxylation sites is 2. The minimum atomic E-state index is -0.128. The number of imidazole rings is 1. The van der Waals surface area contributed by atoms with Crippen LogP contribution in [-0.4, -0.2) is 53.5 Å². The van der Waals surface area contributed by atoms with Gasteiger partial charge in [-0.3, -0.25) is 9.69 Å². The predicted octanol–water partition coefficient (Wildman–Crippen LogP) is 1.42. The van der Waals surface area contributed by atoms with Crippen molar-refractivity contribution in [1.82, 2.24) is 25.5 Å². The Bertz CT molecular complexity index is 629. The smallest absolute Gasteiger partial charge is 0.234 e.